The summed E-state index contributed by atoms with van der Waals surface area (Å²) in [6, 6.07) is 11.9. The van der Waals surface area contributed by atoms with Crippen molar-refractivity contribution in [1.82, 2.24) is 5.43 Å². The van der Waals surface area contributed by atoms with Crippen LogP contribution < -0.4 is 10.4 Å². The van der Waals surface area contributed by atoms with Crippen molar-refractivity contribution >= 4 is 62.2 Å². The number of hydrogen-bond acceptors (Lipinski definition) is 5. The van der Waals surface area contributed by atoms with Crippen LogP contribution in [-0.4, -0.2) is 47.6 Å². The molecule has 2 aromatic carbocycles. The zero-order valence-electron chi connectivity index (χ0n) is 19.0. The molecule has 2 aliphatic rings. The number of likely N-dealkylation sites (tertiary alicyclic amines) is 1. The molecular formula is C23H26Cl3N4O4S+. The lowest BCUT2D eigenvalue weighted by atomic mass is 10.0. The van der Waals surface area contributed by atoms with Crippen LogP contribution in [0.15, 0.2) is 47.6 Å². The molecule has 2 aliphatic heterocycles. The highest BCUT2D eigenvalue weighted by Crippen LogP contribution is 2.40. The van der Waals surface area contributed by atoms with Gasteiger partial charge < -0.3 is 0 Å². The van der Waals surface area contributed by atoms with Gasteiger partial charge in [-0.15, -0.1) is 0 Å². The van der Waals surface area contributed by atoms with E-state index in [0.29, 0.717) is 33.8 Å². The fourth-order valence-electron chi connectivity index (χ4n) is 4.65. The molecule has 35 heavy (non-hydrogen) atoms. The molecule has 0 aliphatic carbocycles. The van der Waals surface area contributed by atoms with Gasteiger partial charge in [0, 0.05) is 23.4 Å². The van der Waals surface area contributed by atoms with E-state index < -0.39 is 21.4 Å². The lowest BCUT2D eigenvalue weighted by Crippen LogP contribution is -2.69. The van der Waals surface area contributed by atoms with E-state index in [1.165, 1.54) is 6.92 Å². The molecule has 0 radical (unpaired) electrons. The number of benzene rings is 2. The molecule has 12 heteroatoms. The molecule has 188 valence electrons. The highest BCUT2D eigenvalue weighted by atomic mass is 35.5. The number of carbonyl (C=O) groups is 1. The van der Waals surface area contributed by atoms with Gasteiger partial charge in [0.25, 0.3) is 0 Å². The van der Waals surface area contributed by atoms with Crippen LogP contribution in [0.4, 0.5) is 5.69 Å². The fraction of sp³-hybridized carbons (Fsp3) is 0.391. The number of nitrogens with zero attached hydrogens (tertiary/aromatic N) is 3. The number of quaternary nitrogens is 1. The number of nitrogens with one attached hydrogen (secondary N) is 1. The molecule has 1 fully saturated rings. The SMILES string of the molecule is CC([N+]1(NC(=O)C2=NN(c3ccc(Cl)cc3Cl)C(c3ccc(Cl)cc3)C2)CCCCC1)S(=O)(=O)O. The molecule has 0 aromatic heterocycles. The normalized spacial score (nSPS) is 20.9. The average molecular weight is 561 g/mol. The molecule has 0 spiro atoms. The molecule has 4 rings (SSSR count). The number of piperidine rings is 1. The summed E-state index contributed by atoms with van der Waals surface area (Å²) in [6.45, 7) is 2.20. The van der Waals surface area contributed by atoms with Crippen LogP contribution in [0.1, 0.15) is 44.2 Å². The number of hydrogen-bond donors (Lipinski definition) is 2. The van der Waals surface area contributed by atoms with Crippen LogP contribution in [0.25, 0.3) is 0 Å². The molecule has 2 N–H and O–H groups in total. The van der Waals surface area contributed by atoms with E-state index >= 15 is 0 Å². The van der Waals surface area contributed by atoms with E-state index in [1.807, 2.05) is 12.1 Å². The second kappa shape index (κ2) is 10.2. The standard InChI is InChI=1S/C23H25Cl3N4O4S/c1-15(35(32,33)34)30(11-3-2-4-12-30)28-23(31)20-14-22(16-5-7-17(24)8-6-16)29(27-20)21-10-9-18(25)13-19(21)26/h5-10,13,15,22H,2-4,11-12,14H2,1H3,(H-,28,31,32,33,34)/p+1. The predicted octanol–water partition coefficient (Wildman–Crippen LogP) is 5.22. The van der Waals surface area contributed by atoms with Crippen molar-refractivity contribution < 1.29 is 22.4 Å². The van der Waals surface area contributed by atoms with Crippen LogP contribution in [0.5, 0.6) is 0 Å². The van der Waals surface area contributed by atoms with Gasteiger partial charge in [-0.1, -0.05) is 46.9 Å². The second-order valence-corrected chi connectivity index (χ2v) is 11.8. The third kappa shape index (κ3) is 5.60. The molecule has 2 unspecified atom stereocenters. The van der Waals surface area contributed by atoms with Gasteiger partial charge in [-0.3, -0.25) is 14.4 Å². The minimum Gasteiger partial charge on any atom is -0.281 e. The summed E-state index contributed by atoms with van der Waals surface area (Å²) in [5.41, 5.74) is 4.56. The van der Waals surface area contributed by atoms with Crippen molar-refractivity contribution in [3.05, 3.63) is 63.1 Å². The molecule has 2 aromatic rings. The number of anilines is 1. The Labute approximate surface area is 219 Å². The van der Waals surface area contributed by atoms with E-state index in [0.717, 1.165) is 24.8 Å². The third-order valence-electron chi connectivity index (χ3n) is 6.65. The Morgan fingerprint density at radius 2 is 1.71 bits per heavy atom. The maximum Gasteiger partial charge on any atom is 0.321 e. The number of amides is 1. The van der Waals surface area contributed by atoms with Crippen molar-refractivity contribution in [2.24, 2.45) is 5.10 Å². The molecular weight excluding hydrogens is 535 g/mol. The van der Waals surface area contributed by atoms with Crippen LogP contribution in [-0.2, 0) is 14.9 Å². The largest absolute Gasteiger partial charge is 0.321 e. The lowest BCUT2D eigenvalue weighted by molar-refractivity contribution is -0.973. The van der Waals surface area contributed by atoms with Gasteiger partial charge in [0.05, 0.1) is 16.8 Å². The van der Waals surface area contributed by atoms with E-state index in [2.05, 4.69) is 10.5 Å². The number of carbonyl (C=O) groups excluding carboxylic acids is 1. The highest BCUT2D eigenvalue weighted by molar-refractivity contribution is 7.86. The van der Waals surface area contributed by atoms with Crippen molar-refractivity contribution in [2.45, 2.75) is 44.0 Å². The first kappa shape index (κ1) is 26.2. The third-order valence-corrected chi connectivity index (χ3v) is 8.70. The summed E-state index contributed by atoms with van der Waals surface area (Å²) in [5.74, 6) is -0.492. The van der Waals surface area contributed by atoms with Crippen molar-refractivity contribution in [1.29, 1.82) is 0 Å². The summed E-state index contributed by atoms with van der Waals surface area (Å²) in [4.78, 5) is 13.5. The quantitative estimate of drug-likeness (QED) is 0.373. The minimum absolute atomic E-state index is 0.224. The Morgan fingerprint density at radius 3 is 2.31 bits per heavy atom. The Balaban J connectivity index is 1.68. The summed E-state index contributed by atoms with van der Waals surface area (Å²) in [6.07, 6.45) is 2.64. The molecule has 1 amide bonds. The monoisotopic (exact) mass is 559 g/mol. The van der Waals surface area contributed by atoms with Gasteiger partial charge in [0.15, 0.2) is 0 Å². The van der Waals surface area contributed by atoms with Crippen LogP contribution in [0.3, 0.4) is 0 Å². The minimum atomic E-state index is -4.39. The molecule has 2 atom stereocenters. The first-order valence-electron chi connectivity index (χ1n) is 11.2. The van der Waals surface area contributed by atoms with Gasteiger partial charge in [0.2, 0.25) is 5.37 Å². The fourth-order valence-corrected chi connectivity index (χ4v) is 6.04. The average Bonchev–Trinajstić information content (AvgIpc) is 3.24. The molecule has 1 saturated heterocycles. The first-order chi connectivity index (χ1) is 16.5. The van der Waals surface area contributed by atoms with E-state index in [4.69, 9.17) is 34.8 Å². The Kier molecular flexibility index (Phi) is 7.66. The van der Waals surface area contributed by atoms with Crippen molar-refractivity contribution in [3.63, 3.8) is 0 Å². The van der Waals surface area contributed by atoms with E-state index in [9.17, 15) is 17.8 Å². The smallest absolute Gasteiger partial charge is 0.281 e. The van der Waals surface area contributed by atoms with E-state index in [1.54, 1.807) is 35.3 Å². The van der Waals surface area contributed by atoms with Crippen LogP contribution in [0.2, 0.25) is 15.1 Å². The van der Waals surface area contributed by atoms with Gasteiger partial charge in [-0.25, -0.2) is 4.59 Å². The lowest BCUT2D eigenvalue weighted by Gasteiger charge is -2.42. The maximum atomic E-state index is 13.5. The maximum absolute atomic E-state index is 13.5. The van der Waals surface area contributed by atoms with Crippen LogP contribution >= 0.6 is 34.8 Å². The molecule has 0 bridgehead atoms. The zero-order valence-corrected chi connectivity index (χ0v) is 22.1. The van der Waals surface area contributed by atoms with Gasteiger partial charge >= 0.3 is 16.0 Å². The number of rotatable bonds is 6. The second-order valence-electron chi connectivity index (χ2n) is 8.86. The van der Waals surface area contributed by atoms with Gasteiger partial charge in [-0.05, 0) is 55.2 Å². The Hall–Kier alpha value is -1.88. The summed E-state index contributed by atoms with van der Waals surface area (Å²) in [7, 11) is -4.39. The molecule has 2 heterocycles. The highest BCUT2D eigenvalue weighted by Gasteiger charge is 2.46. The van der Waals surface area contributed by atoms with Gasteiger partial charge in [0.1, 0.15) is 18.8 Å². The topological polar surface area (TPSA) is 99.1 Å². The van der Waals surface area contributed by atoms with E-state index in [-0.39, 0.29) is 22.8 Å². The molecule has 8 nitrogen and oxygen atoms in total. The number of halogens is 3. The Morgan fingerprint density at radius 1 is 1.09 bits per heavy atom. The van der Waals surface area contributed by atoms with Gasteiger partial charge in [-0.2, -0.15) is 18.9 Å². The summed E-state index contributed by atoms with van der Waals surface area (Å²) < 4.78 is 33.6. The first-order valence-corrected chi connectivity index (χ1v) is 13.9. The zero-order chi connectivity index (χ0) is 25.4. The van der Waals surface area contributed by atoms with Crippen molar-refractivity contribution in [2.75, 3.05) is 18.1 Å². The molecule has 0 saturated carbocycles. The predicted molar refractivity (Wildman–Crippen MR) is 138 cm³/mol. The summed E-state index contributed by atoms with van der Waals surface area (Å²) in [5, 5.41) is 6.50. The Bertz CT molecular complexity index is 1250. The van der Waals surface area contributed by atoms with Crippen LogP contribution in [0, 0.1) is 0 Å². The van der Waals surface area contributed by atoms with Crippen molar-refractivity contribution in [3.8, 4) is 0 Å². The number of hydrazone groups is 1. The summed E-state index contributed by atoms with van der Waals surface area (Å²) >= 11 is 18.6.